The predicted molar refractivity (Wildman–Crippen MR) is 57.7 cm³/mol. The van der Waals surface area contributed by atoms with Crippen LogP contribution in [-0.2, 0) is 4.74 Å². The third-order valence-corrected chi connectivity index (χ3v) is 2.48. The van der Waals surface area contributed by atoms with Crippen molar-refractivity contribution in [3.05, 3.63) is 21.0 Å². The Labute approximate surface area is 98.0 Å². The van der Waals surface area contributed by atoms with Gasteiger partial charge in [-0.2, -0.15) is 0 Å². The zero-order chi connectivity index (χ0) is 11.6. The van der Waals surface area contributed by atoms with Gasteiger partial charge < -0.3 is 10.5 Å². The SMILES string of the molecule is COC(=O)c1cc(C(F)F)nc(I)c1N. The zero-order valence-electron chi connectivity index (χ0n) is 7.63. The highest BCUT2D eigenvalue weighted by molar-refractivity contribution is 14.1. The molecule has 0 aliphatic heterocycles. The van der Waals surface area contributed by atoms with Crippen molar-refractivity contribution in [2.24, 2.45) is 0 Å². The first-order chi connectivity index (χ1) is 6.97. The molecule has 0 aromatic carbocycles. The number of rotatable bonds is 2. The number of carbonyl (C=O) groups excluding carboxylic acids is 1. The van der Waals surface area contributed by atoms with Crippen molar-refractivity contribution >= 4 is 34.2 Å². The number of nitrogen functional groups attached to an aromatic ring is 1. The minimum Gasteiger partial charge on any atom is -0.465 e. The Morgan fingerprint density at radius 2 is 2.27 bits per heavy atom. The summed E-state index contributed by atoms with van der Waals surface area (Å²) in [7, 11) is 1.15. The summed E-state index contributed by atoms with van der Waals surface area (Å²) in [6.07, 6.45) is -2.75. The maximum atomic E-state index is 12.4. The highest BCUT2D eigenvalue weighted by Crippen LogP contribution is 2.25. The molecule has 15 heavy (non-hydrogen) atoms. The average Bonchev–Trinajstić information content (AvgIpc) is 2.20. The second-order valence-electron chi connectivity index (χ2n) is 2.59. The van der Waals surface area contributed by atoms with Crippen LogP contribution in [0, 0.1) is 3.70 Å². The van der Waals surface area contributed by atoms with Crippen LogP contribution in [0.2, 0.25) is 0 Å². The highest BCUT2D eigenvalue weighted by Gasteiger charge is 2.19. The second-order valence-corrected chi connectivity index (χ2v) is 3.61. The molecule has 0 bridgehead atoms. The van der Waals surface area contributed by atoms with E-state index >= 15 is 0 Å². The number of nitrogens with zero attached hydrogens (tertiary/aromatic N) is 1. The van der Waals surface area contributed by atoms with Crippen molar-refractivity contribution in [1.29, 1.82) is 0 Å². The Morgan fingerprint density at radius 1 is 1.67 bits per heavy atom. The Bertz CT molecular complexity index is 398. The Hall–Kier alpha value is -0.990. The minimum atomic E-state index is -2.75. The molecule has 0 spiro atoms. The number of carbonyl (C=O) groups is 1. The van der Waals surface area contributed by atoms with Gasteiger partial charge in [-0.15, -0.1) is 0 Å². The monoisotopic (exact) mass is 328 g/mol. The Balaban J connectivity index is 3.31. The number of hydrogen-bond donors (Lipinski definition) is 1. The van der Waals surface area contributed by atoms with Gasteiger partial charge in [-0.05, 0) is 28.7 Å². The van der Waals surface area contributed by atoms with Crippen molar-refractivity contribution in [2.45, 2.75) is 6.43 Å². The van der Waals surface area contributed by atoms with E-state index in [1.165, 1.54) is 0 Å². The van der Waals surface area contributed by atoms with Crippen LogP contribution in [0.1, 0.15) is 22.5 Å². The van der Waals surface area contributed by atoms with Crippen LogP contribution in [0.4, 0.5) is 14.5 Å². The van der Waals surface area contributed by atoms with Crippen molar-refractivity contribution in [3.63, 3.8) is 0 Å². The summed E-state index contributed by atoms with van der Waals surface area (Å²) in [6.45, 7) is 0. The Morgan fingerprint density at radius 3 is 2.73 bits per heavy atom. The van der Waals surface area contributed by atoms with Crippen molar-refractivity contribution in [2.75, 3.05) is 12.8 Å². The third kappa shape index (κ3) is 2.52. The molecule has 1 aromatic rings. The molecule has 0 fully saturated rings. The summed E-state index contributed by atoms with van der Waals surface area (Å²) in [5.41, 5.74) is 4.98. The smallest absolute Gasteiger partial charge is 0.340 e. The number of esters is 1. The number of methoxy groups -OCH3 is 1. The maximum Gasteiger partial charge on any atom is 0.340 e. The van der Waals surface area contributed by atoms with Gasteiger partial charge in [-0.1, -0.05) is 0 Å². The van der Waals surface area contributed by atoms with Gasteiger partial charge in [-0.3, -0.25) is 0 Å². The lowest BCUT2D eigenvalue weighted by Gasteiger charge is -2.07. The van der Waals surface area contributed by atoms with Gasteiger partial charge in [0.1, 0.15) is 9.39 Å². The molecule has 0 radical (unpaired) electrons. The fourth-order valence-electron chi connectivity index (χ4n) is 0.933. The Kier molecular flexibility index (Phi) is 3.77. The molecule has 0 saturated heterocycles. The summed E-state index contributed by atoms with van der Waals surface area (Å²) in [6, 6.07) is 0.938. The largest absolute Gasteiger partial charge is 0.465 e. The number of anilines is 1. The number of alkyl halides is 2. The summed E-state index contributed by atoms with van der Waals surface area (Å²) in [5.74, 6) is -0.755. The predicted octanol–water partition coefficient (Wildman–Crippen LogP) is 1.99. The first kappa shape index (κ1) is 12.1. The van der Waals surface area contributed by atoms with Gasteiger partial charge >= 0.3 is 5.97 Å². The normalized spacial score (nSPS) is 10.5. The van der Waals surface area contributed by atoms with Gasteiger partial charge in [-0.25, -0.2) is 18.6 Å². The average molecular weight is 328 g/mol. The number of pyridine rings is 1. The van der Waals surface area contributed by atoms with E-state index in [2.05, 4.69) is 9.72 Å². The van der Waals surface area contributed by atoms with Crippen LogP contribution in [0.5, 0.6) is 0 Å². The molecule has 0 aliphatic rings. The van der Waals surface area contributed by atoms with E-state index in [4.69, 9.17) is 5.73 Å². The van der Waals surface area contributed by atoms with Crippen molar-refractivity contribution in [3.8, 4) is 0 Å². The van der Waals surface area contributed by atoms with E-state index in [9.17, 15) is 13.6 Å². The molecule has 7 heteroatoms. The molecule has 1 aromatic heterocycles. The van der Waals surface area contributed by atoms with Gasteiger partial charge in [0.05, 0.1) is 18.4 Å². The summed E-state index contributed by atoms with van der Waals surface area (Å²) < 4.78 is 29.3. The number of hydrogen-bond acceptors (Lipinski definition) is 4. The fraction of sp³-hybridized carbons (Fsp3) is 0.250. The lowest BCUT2D eigenvalue weighted by molar-refractivity contribution is 0.0601. The van der Waals surface area contributed by atoms with Crippen LogP contribution in [-0.4, -0.2) is 18.1 Å². The zero-order valence-corrected chi connectivity index (χ0v) is 9.79. The highest BCUT2D eigenvalue weighted by atomic mass is 127. The molecule has 1 rings (SSSR count). The van der Waals surface area contributed by atoms with Crippen LogP contribution in [0.25, 0.3) is 0 Å². The lowest BCUT2D eigenvalue weighted by Crippen LogP contribution is -2.10. The maximum absolute atomic E-state index is 12.4. The first-order valence-corrected chi connectivity index (χ1v) is 4.87. The van der Waals surface area contributed by atoms with Gasteiger partial charge in [0.2, 0.25) is 0 Å². The molecule has 1 heterocycles. The molecule has 0 saturated carbocycles. The van der Waals surface area contributed by atoms with Gasteiger partial charge in [0.15, 0.2) is 0 Å². The number of nitrogens with two attached hydrogens (primary N) is 1. The molecule has 0 aliphatic carbocycles. The van der Waals surface area contributed by atoms with E-state index in [1.807, 2.05) is 0 Å². The molecule has 0 atom stereocenters. The second kappa shape index (κ2) is 4.69. The number of halogens is 3. The van der Waals surface area contributed by atoms with Crippen LogP contribution in [0.3, 0.4) is 0 Å². The first-order valence-electron chi connectivity index (χ1n) is 3.79. The molecule has 82 valence electrons. The van der Waals surface area contributed by atoms with E-state index in [1.54, 1.807) is 22.6 Å². The molecular weight excluding hydrogens is 321 g/mol. The quantitative estimate of drug-likeness (QED) is 0.512. The lowest BCUT2D eigenvalue weighted by atomic mass is 10.2. The van der Waals surface area contributed by atoms with Crippen molar-refractivity contribution in [1.82, 2.24) is 4.98 Å². The standard InChI is InChI=1S/C8H7F2IN2O2/c1-15-8(14)3-2-4(6(9)10)13-7(11)5(3)12/h2,6H,12H2,1H3. The summed E-state index contributed by atoms with van der Waals surface area (Å²) >= 11 is 1.68. The topological polar surface area (TPSA) is 65.2 Å². The van der Waals surface area contributed by atoms with Gasteiger partial charge in [0.25, 0.3) is 6.43 Å². The fourth-order valence-corrected chi connectivity index (χ4v) is 1.50. The molecule has 0 unspecified atom stereocenters. The molecule has 0 amide bonds. The number of ether oxygens (including phenoxy) is 1. The van der Waals surface area contributed by atoms with Crippen LogP contribution < -0.4 is 5.73 Å². The van der Waals surface area contributed by atoms with E-state index in [-0.39, 0.29) is 15.0 Å². The van der Waals surface area contributed by atoms with E-state index < -0.39 is 18.1 Å². The van der Waals surface area contributed by atoms with E-state index in [0.717, 1.165) is 13.2 Å². The van der Waals surface area contributed by atoms with E-state index in [0.29, 0.717) is 0 Å². The van der Waals surface area contributed by atoms with Crippen LogP contribution in [0.15, 0.2) is 6.07 Å². The van der Waals surface area contributed by atoms with Crippen LogP contribution >= 0.6 is 22.6 Å². The van der Waals surface area contributed by atoms with Gasteiger partial charge in [0, 0.05) is 0 Å². The van der Waals surface area contributed by atoms with Crippen molar-refractivity contribution < 1.29 is 18.3 Å². The number of aromatic nitrogens is 1. The minimum absolute atomic E-state index is 0.0480. The molecular formula is C8H7F2IN2O2. The third-order valence-electron chi connectivity index (χ3n) is 1.66. The summed E-state index contributed by atoms with van der Waals surface area (Å²) in [4.78, 5) is 14.7. The summed E-state index contributed by atoms with van der Waals surface area (Å²) in [5, 5.41) is 0. The molecule has 4 nitrogen and oxygen atoms in total. The molecule has 2 N–H and O–H groups in total.